The quantitative estimate of drug-likeness (QED) is 0.483. The molecule has 0 aliphatic carbocycles. The summed E-state index contributed by atoms with van der Waals surface area (Å²) in [4.78, 5) is 11.5. The SMILES string of the molecule is CCCCCCCCOc1ccc([C@H](N2CCC(=O)N2)C(F)(F)F)c2ccccc12. The zero-order chi connectivity index (χ0) is 21.6. The molecule has 1 saturated heterocycles. The molecule has 0 saturated carbocycles. The molecule has 2 aromatic rings. The summed E-state index contributed by atoms with van der Waals surface area (Å²) in [7, 11) is 0. The van der Waals surface area contributed by atoms with Gasteiger partial charge in [0.15, 0.2) is 6.04 Å². The first-order valence-corrected chi connectivity index (χ1v) is 10.7. The van der Waals surface area contributed by atoms with Crippen LogP contribution in [0.5, 0.6) is 5.75 Å². The maximum Gasteiger partial charge on any atom is 0.409 e. The molecule has 1 fully saturated rings. The van der Waals surface area contributed by atoms with E-state index in [4.69, 9.17) is 4.74 Å². The van der Waals surface area contributed by atoms with Crippen molar-refractivity contribution in [1.82, 2.24) is 10.4 Å². The number of fused-ring (bicyclic) bond motifs is 1. The van der Waals surface area contributed by atoms with Gasteiger partial charge in [0.05, 0.1) is 6.61 Å². The number of carbonyl (C=O) groups excluding carboxylic acids is 1. The first-order chi connectivity index (χ1) is 14.4. The third-order valence-corrected chi connectivity index (χ3v) is 5.44. The van der Waals surface area contributed by atoms with Crippen molar-refractivity contribution in [3.63, 3.8) is 0 Å². The first kappa shape index (κ1) is 22.4. The minimum absolute atomic E-state index is 0.0214. The number of hydrogen-bond acceptors (Lipinski definition) is 3. The second-order valence-corrected chi connectivity index (χ2v) is 7.74. The lowest BCUT2D eigenvalue weighted by atomic mass is 9.97. The van der Waals surface area contributed by atoms with E-state index in [1.165, 1.54) is 31.7 Å². The minimum atomic E-state index is -4.53. The van der Waals surface area contributed by atoms with Crippen molar-refractivity contribution >= 4 is 16.7 Å². The number of hydrazine groups is 1. The van der Waals surface area contributed by atoms with E-state index in [-0.39, 0.29) is 18.5 Å². The van der Waals surface area contributed by atoms with Gasteiger partial charge in [0.25, 0.3) is 0 Å². The Labute approximate surface area is 175 Å². The van der Waals surface area contributed by atoms with Crippen LogP contribution in [0.3, 0.4) is 0 Å². The van der Waals surface area contributed by atoms with E-state index in [2.05, 4.69) is 12.3 Å². The predicted octanol–water partition coefficient (Wildman–Crippen LogP) is 5.92. The van der Waals surface area contributed by atoms with Crippen LogP contribution in [0, 0.1) is 0 Å². The summed E-state index contributed by atoms with van der Waals surface area (Å²) in [5.41, 5.74) is 2.46. The monoisotopic (exact) mass is 422 g/mol. The number of unbranched alkanes of at least 4 members (excludes halogenated alkanes) is 5. The molecule has 0 unspecified atom stereocenters. The maximum atomic E-state index is 14.0. The number of halogens is 3. The Morgan fingerprint density at radius 2 is 1.73 bits per heavy atom. The maximum absolute atomic E-state index is 14.0. The summed E-state index contributed by atoms with van der Waals surface area (Å²) in [5.74, 6) is 0.196. The molecule has 0 spiro atoms. The van der Waals surface area contributed by atoms with Gasteiger partial charge in [-0.25, -0.2) is 5.01 Å². The van der Waals surface area contributed by atoms with E-state index >= 15 is 0 Å². The van der Waals surface area contributed by atoms with Crippen molar-refractivity contribution in [3.8, 4) is 5.75 Å². The van der Waals surface area contributed by atoms with Gasteiger partial charge in [-0.3, -0.25) is 10.2 Å². The van der Waals surface area contributed by atoms with Gasteiger partial charge in [-0.05, 0) is 23.4 Å². The Hall–Kier alpha value is -2.28. The summed E-state index contributed by atoms with van der Waals surface area (Å²) in [6.45, 7) is 2.74. The van der Waals surface area contributed by atoms with Crippen molar-refractivity contribution in [2.45, 2.75) is 64.1 Å². The van der Waals surface area contributed by atoms with Crippen LogP contribution in [0.2, 0.25) is 0 Å². The van der Waals surface area contributed by atoms with Gasteiger partial charge in [0.1, 0.15) is 5.75 Å². The van der Waals surface area contributed by atoms with Crippen molar-refractivity contribution in [1.29, 1.82) is 0 Å². The Morgan fingerprint density at radius 3 is 2.40 bits per heavy atom. The molecule has 0 aromatic heterocycles. The molecule has 4 nitrogen and oxygen atoms in total. The highest BCUT2D eigenvalue weighted by Crippen LogP contribution is 2.42. The van der Waals surface area contributed by atoms with Crippen LogP contribution < -0.4 is 10.2 Å². The molecule has 1 amide bonds. The van der Waals surface area contributed by atoms with Gasteiger partial charge in [-0.15, -0.1) is 0 Å². The average Bonchev–Trinajstić information content (AvgIpc) is 3.13. The van der Waals surface area contributed by atoms with Gasteiger partial charge in [-0.1, -0.05) is 69.4 Å². The second-order valence-electron chi connectivity index (χ2n) is 7.74. The fourth-order valence-corrected chi connectivity index (χ4v) is 3.93. The van der Waals surface area contributed by atoms with E-state index < -0.39 is 18.1 Å². The normalized spacial score (nSPS) is 16.1. The zero-order valence-corrected chi connectivity index (χ0v) is 17.3. The molecule has 0 bridgehead atoms. The van der Waals surface area contributed by atoms with Gasteiger partial charge < -0.3 is 4.74 Å². The van der Waals surface area contributed by atoms with E-state index in [1.54, 1.807) is 30.3 Å². The molecule has 0 radical (unpaired) electrons. The number of amides is 1. The largest absolute Gasteiger partial charge is 0.493 e. The van der Waals surface area contributed by atoms with Gasteiger partial charge in [0, 0.05) is 18.4 Å². The number of alkyl halides is 3. The lowest BCUT2D eigenvalue weighted by Gasteiger charge is -2.30. The topological polar surface area (TPSA) is 41.6 Å². The fraction of sp³-hybridized carbons (Fsp3) is 0.522. The second kappa shape index (κ2) is 10.2. The van der Waals surface area contributed by atoms with Crippen molar-refractivity contribution in [2.75, 3.05) is 13.2 Å². The number of nitrogens with zero attached hydrogens (tertiary/aromatic N) is 1. The van der Waals surface area contributed by atoms with E-state index in [0.29, 0.717) is 23.1 Å². The Morgan fingerprint density at radius 1 is 1.03 bits per heavy atom. The lowest BCUT2D eigenvalue weighted by Crippen LogP contribution is -2.43. The third-order valence-electron chi connectivity index (χ3n) is 5.44. The van der Waals surface area contributed by atoms with E-state index in [0.717, 1.165) is 17.9 Å². The molecular weight excluding hydrogens is 393 g/mol. The summed E-state index contributed by atoms with van der Waals surface area (Å²) >= 11 is 0. The standard InChI is InChI=1S/C23H29F3N2O2/c1-2-3-4-5-6-9-16-30-20-13-12-19(17-10-7-8-11-18(17)20)22(23(24,25)26)28-15-14-21(29)27-28/h7-8,10-13,22H,2-6,9,14-16H2,1H3,(H,27,29)/t22-/m0/s1. The molecule has 1 N–H and O–H groups in total. The molecule has 1 aliphatic heterocycles. The van der Waals surface area contributed by atoms with Crippen LogP contribution in [0.4, 0.5) is 13.2 Å². The molecular formula is C23H29F3N2O2. The zero-order valence-electron chi connectivity index (χ0n) is 17.3. The smallest absolute Gasteiger partial charge is 0.409 e. The van der Waals surface area contributed by atoms with E-state index in [9.17, 15) is 18.0 Å². The van der Waals surface area contributed by atoms with Crippen LogP contribution in [0.25, 0.3) is 10.8 Å². The minimum Gasteiger partial charge on any atom is -0.493 e. The molecule has 7 heteroatoms. The fourth-order valence-electron chi connectivity index (χ4n) is 3.93. The average molecular weight is 422 g/mol. The summed E-state index contributed by atoms with van der Waals surface area (Å²) in [6, 6.07) is 8.17. The molecule has 1 heterocycles. The third kappa shape index (κ3) is 5.45. The van der Waals surface area contributed by atoms with Crippen molar-refractivity contribution < 1.29 is 22.7 Å². The highest BCUT2D eigenvalue weighted by molar-refractivity contribution is 5.91. The molecule has 30 heavy (non-hydrogen) atoms. The molecule has 2 aromatic carbocycles. The Balaban J connectivity index is 1.80. The lowest BCUT2D eigenvalue weighted by molar-refractivity contribution is -0.190. The van der Waals surface area contributed by atoms with Crippen LogP contribution in [-0.4, -0.2) is 30.2 Å². The predicted molar refractivity (Wildman–Crippen MR) is 111 cm³/mol. The number of rotatable bonds is 10. The first-order valence-electron chi connectivity index (χ1n) is 10.7. The molecule has 1 atom stereocenters. The van der Waals surface area contributed by atoms with Crippen molar-refractivity contribution in [2.24, 2.45) is 0 Å². The van der Waals surface area contributed by atoms with Crippen LogP contribution in [0.1, 0.15) is 63.5 Å². The molecule has 3 rings (SSSR count). The van der Waals surface area contributed by atoms with Gasteiger partial charge in [-0.2, -0.15) is 13.2 Å². The number of ether oxygens (including phenoxy) is 1. The number of carbonyl (C=O) groups is 1. The van der Waals surface area contributed by atoms with Crippen LogP contribution in [-0.2, 0) is 4.79 Å². The van der Waals surface area contributed by atoms with Gasteiger partial charge >= 0.3 is 6.18 Å². The van der Waals surface area contributed by atoms with Crippen molar-refractivity contribution in [3.05, 3.63) is 42.0 Å². The Kier molecular flexibility index (Phi) is 7.58. The van der Waals surface area contributed by atoms with E-state index in [1.807, 2.05) is 0 Å². The highest BCUT2D eigenvalue weighted by Gasteiger charge is 2.47. The highest BCUT2D eigenvalue weighted by atomic mass is 19.4. The van der Waals surface area contributed by atoms with Crippen LogP contribution in [0.15, 0.2) is 36.4 Å². The Bertz CT molecular complexity index is 854. The number of hydrogen-bond donors (Lipinski definition) is 1. The van der Waals surface area contributed by atoms with Gasteiger partial charge in [0.2, 0.25) is 5.91 Å². The number of nitrogens with one attached hydrogen (secondary N) is 1. The molecule has 164 valence electrons. The summed E-state index contributed by atoms with van der Waals surface area (Å²) in [6.07, 6.45) is 2.38. The summed E-state index contributed by atoms with van der Waals surface area (Å²) < 4.78 is 47.8. The molecule has 1 aliphatic rings. The number of benzene rings is 2. The van der Waals surface area contributed by atoms with Crippen LogP contribution >= 0.6 is 0 Å². The summed E-state index contributed by atoms with van der Waals surface area (Å²) in [5, 5.41) is 2.13.